The van der Waals surface area contributed by atoms with Gasteiger partial charge in [0, 0.05) is 0 Å². The summed E-state index contributed by atoms with van der Waals surface area (Å²) in [6.45, 7) is 1.77. The Labute approximate surface area is 105 Å². The van der Waals surface area contributed by atoms with Crippen molar-refractivity contribution >= 4 is 17.6 Å². The molecule has 17 heavy (non-hydrogen) atoms. The third-order valence-electron chi connectivity index (χ3n) is 3.29. The number of phenols is 1. The van der Waals surface area contributed by atoms with E-state index in [1.165, 1.54) is 0 Å². The Morgan fingerprint density at radius 3 is 2.65 bits per heavy atom. The Bertz CT molecular complexity index is 429. The quantitative estimate of drug-likeness (QED) is 0.867. The van der Waals surface area contributed by atoms with Crippen LogP contribution in [0.2, 0.25) is 5.02 Å². The molecule has 0 spiro atoms. The first kappa shape index (κ1) is 12.2. The standard InChI is InChI=1S/C13H15ClO3/c1-7-4-9(5-11(14)13(7)17)10(6-12(15)16)8-2-3-8/h4-5,8,10,17H,2-3,6H2,1H3,(H,15,16). The molecular weight excluding hydrogens is 240 g/mol. The fourth-order valence-corrected chi connectivity index (χ4v) is 2.50. The number of benzene rings is 1. The number of aliphatic carboxylic acids is 1. The first-order valence-corrected chi connectivity index (χ1v) is 6.07. The maximum absolute atomic E-state index is 10.9. The zero-order chi connectivity index (χ0) is 12.6. The van der Waals surface area contributed by atoms with E-state index >= 15 is 0 Å². The second kappa shape index (κ2) is 4.57. The summed E-state index contributed by atoms with van der Waals surface area (Å²) in [7, 11) is 0. The predicted molar refractivity (Wildman–Crippen MR) is 65.6 cm³/mol. The molecule has 1 aromatic carbocycles. The van der Waals surface area contributed by atoms with Gasteiger partial charge in [-0.05, 0) is 48.8 Å². The number of aromatic hydroxyl groups is 1. The maximum atomic E-state index is 10.9. The van der Waals surface area contributed by atoms with Crippen LogP contribution in [0.1, 0.15) is 36.3 Å². The van der Waals surface area contributed by atoms with E-state index in [2.05, 4.69) is 0 Å². The third-order valence-corrected chi connectivity index (χ3v) is 3.58. The van der Waals surface area contributed by atoms with Gasteiger partial charge in [-0.25, -0.2) is 0 Å². The molecule has 0 aromatic heterocycles. The summed E-state index contributed by atoms with van der Waals surface area (Å²) in [5.41, 5.74) is 1.62. The van der Waals surface area contributed by atoms with E-state index in [0.29, 0.717) is 16.5 Å². The fraction of sp³-hybridized carbons (Fsp3) is 0.462. The largest absolute Gasteiger partial charge is 0.506 e. The average Bonchev–Trinajstić information content (AvgIpc) is 3.05. The second-order valence-electron chi connectivity index (χ2n) is 4.71. The van der Waals surface area contributed by atoms with Crippen molar-refractivity contribution in [2.75, 3.05) is 0 Å². The molecule has 2 rings (SSSR count). The number of rotatable bonds is 4. The van der Waals surface area contributed by atoms with Crippen LogP contribution in [0.3, 0.4) is 0 Å². The minimum atomic E-state index is -0.788. The monoisotopic (exact) mass is 254 g/mol. The molecule has 1 unspecified atom stereocenters. The van der Waals surface area contributed by atoms with Crippen LogP contribution in [0.15, 0.2) is 12.1 Å². The van der Waals surface area contributed by atoms with Gasteiger partial charge in [-0.2, -0.15) is 0 Å². The minimum Gasteiger partial charge on any atom is -0.506 e. The van der Waals surface area contributed by atoms with Crippen molar-refractivity contribution < 1.29 is 15.0 Å². The fourth-order valence-electron chi connectivity index (χ4n) is 2.22. The lowest BCUT2D eigenvalue weighted by atomic mass is 9.90. The third kappa shape index (κ3) is 2.72. The van der Waals surface area contributed by atoms with Crippen LogP contribution in [-0.2, 0) is 4.79 Å². The number of carboxylic acids is 1. The lowest BCUT2D eigenvalue weighted by Gasteiger charge is -2.16. The average molecular weight is 255 g/mol. The Morgan fingerprint density at radius 2 is 2.18 bits per heavy atom. The molecule has 4 heteroatoms. The summed E-state index contributed by atoms with van der Waals surface area (Å²) in [6, 6.07) is 3.53. The molecule has 0 saturated heterocycles. The lowest BCUT2D eigenvalue weighted by molar-refractivity contribution is -0.137. The summed E-state index contributed by atoms with van der Waals surface area (Å²) < 4.78 is 0. The van der Waals surface area contributed by atoms with Crippen LogP contribution in [0, 0.1) is 12.8 Å². The highest BCUT2D eigenvalue weighted by Gasteiger charge is 2.34. The Morgan fingerprint density at radius 1 is 1.53 bits per heavy atom. The SMILES string of the molecule is Cc1cc(C(CC(=O)O)C2CC2)cc(Cl)c1O. The predicted octanol–water partition coefficient (Wildman–Crippen LogP) is 3.32. The maximum Gasteiger partial charge on any atom is 0.303 e. The second-order valence-corrected chi connectivity index (χ2v) is 5.12. The van der Waals surface area contributed by atoms with Crippen molar-refractivity contribution in [3.63, 3.8) is 0 Å². The molecule has 2 N–H and O–H groups in total. The van der Waals surface area contributed by atoms with Crippen LogP contribution < -0.4 is 0 Å². The summed E-state index contributed by atoms with van der Waals surface area (Å²) in [4.78, 5) is 10.9. The molecular formula is C13H15ClO3. The molecule has 1 aliphatic carbocycles. The molecule has 1 aliphatic rings. The molecule has 92 valence electrons. The summed E-state index contributed by atoms with van der Waals surface area (Å²) >= 11 is 5.93. The van der Waals surface area contributed by atoms with Crippen molar-refractivity contribution in [2.24, 2.45) is 5.92 Å². The summed E-state index contributed by atoms with van der Waals surface area (Å²) in [5.74, 6) is -0.237. The van der Waals surface area contributed by atoms with Gasteiger partial charge >= 0.3 is 5.97 Å². The Kier molecular flexibility index (Phi) is 3.29. The van der Waals surface area contributed by atoms with E-state index in [1.807, 2.05) is 6.07 Å². The zero-order valence-corrected chi connectivity index (χ0v) is 10.4. The highest BCUT2D eigenvalue weighted by atomic mass is 35.5. The number of hydrogen-bond donors (Lipinski definition) is 2. The van der Waals surface area contributed by atoms with E-state index in [0.717, 1.165) is 18.4 Å². The van der Waals surface area contributed by atoms with Crippen LogP contribution in [-0.4, -0.2) is 16.2 Å². The van der Waals surface area contributed by atoms with Gasteiger partial charge in [-0.15, -0.1) is 0 Å². The number of carbonyl (C=O) groups is 1. The van der Waals surface area contributed by atoms with Crippen molar-refractivity contribution in [3.8, 4) is 5.75 Å². The van der Waals surface area contributed by atoms with Crippen LogP contribution in [0.25, 0.3) is 0 Å². The first-order chi connectivity index (χ1) is 7.99. The zero-order valence-electron chi connectivity index (χ0n) is 9.61. The summed E-state index contributed by atoms with van der Waals surface area (Å²) in [5, 5.41) is 18.8. The molecule has 0 bridgehead atoms. The minimum absolute atomic E-state index is 0.0179. The molecule has 1 fully saturated rings. The van der Waals surface area contributed by atoms with Gasteiger partial charge in [0.25, 0.3) is 0 Å². The van der Waals surface area contributed by atoms with Crippen LogP contribution >= 0.6 is 11.6 Å². The number of aryl methyl sites for hydroxylation is 1. The molecule has 0 aliphatic heterocycles. The highest BCUT2D eigenvalue weighted by molar-refractivity contribution is 6.32. The smallest absolute Gasteiger partial charge is 0.303 e. The van der Waals surface area contributed by atoms with Crippen molar-refractivity contribution in [1.82, 2.24) is 0 Å². The van der Waals surface area contributed by atoms with Gasteiger partial charge in [0.2, 0.25) is 0 Å². The lowest BCUT2D eigenvalue weighted by Crippen LogP contribution is -2.08. The van der Waals surface area contributed by atoms with Gasteiger partial charge in [0.15, 0.2) is 0 Å². The number of phenolic OH excluding ortho intramolecular Hbond substituents is 1. The van der Waals surface area contributed by atoms with Crippen molar-refractivity contribution in [2.45, 2.75) is 32.1 Å². The van der Waals surface area contributed by atoms with Crippen molar-refractivity contribution in [3.05, 3.63) is 28.3 Å². The van der Waals surface area contributed by atoms with Gasteiger partial charge in [0.05, 0.1) is 11.4 Å². The Balaban J connectivity index is 2.32. The first-order valence-electron chi connectivity index (χ1n) is 5.70. The molecule has 3 nitrogen and oxygen atoms in total. The van der Waals surface area contributed by atoms with Gasteiger partial charge in [-0.1, -0.05) is 17.7 Å². The highest BCUT2D eigenvalue weighted by Crippen LogP contribution is 2.46. The van der Waals surface area contributed by atoms with Crippen LogP contribution in [0.5, 0.6) is 5.75 Å². The summed E-state index contributed by atoms with van der Waals surface area (Å²) in [6.07, 6.45) is 2.29. The number of halogens is 1. The van der Waals surface area contributed by atoms with E-state index < -0.39 is 5.97 Å². The van der Waals surface area contributed by atoms with Crippen molar-refractivity contribution in [1.29, 1.82) is 0 Å². The van der Waals surface area contributed by atoms with Gasteiger partial charge < -0.3 is 10.2 Å². The van der Waals surface area contributed by atoms with Crippen LogP contribution in [0.4, 0.5) is 0 Å². The van der Waals surface area contributed by atoms with E-state index in [-0.39, 0.29) is 18.1 Å². The van der Waals surface area contributed by atoms with E-state index in [9.17, 15) is 9.90 Å². The molecule has 0 heterocycles. The molecule has 0 amide bonds. The van der Waals surface area contributed by atoms with E-state index in [4.69, 9.17) is 16.7 Å². The molecule has 1 saturated carbocycles. The normalized spacial score (nSPS) is 16.8. The van der Waals surface area contributed by atoms with E-state index in [1.54, 1.807) is 13.0 Å². The van der Waals surface area contributed by atoms with Gasteiger partial charge in [-0.3, -0.25) is 4.79 Å². The Hall–Kier alpha value is -1.22. The number of hydrogen-bond acceptors (Lipinski definition) is 2. The molecule has 1 atom stereocenters. The molecule has 0 radical (unpaired) electrons. The number of carboxylic acid groups (broad SMARTS) is 1. The topological polar surface area (TPSA) is 57.5 Å². The van der Waals surface area contributed by atoms with Gasteiger partial charge in [0.1, 0.15) is 5.75 Å². The molecule has 1 aromatic rings.